The van der Waals surface area contributed by atoms with Crippen LogP contribution in [0.3, 0.4) is 0 Å². The monoisotopic (exact) mass is 421 g/mol. The zero-order valence-corrected chi connectivity index (χ0v) is 16.7. The molecule has 0 fully saturated rings. The Morgan fingerprint density at radius 1 is 0.929 bits per heavy atom. The van der Waals surface area contributed by atoms with Gasteiger partial charge in [0.05, 0.1) is 6.61 Å². The molecule has 2 aromatic carbocycles. The van der Waals surface area contributed by atoms with Crippen molar-refractivity contribution in [2.45, 2.75) is 6.92 Å². The summed E-state index contributed by atoms with van der Waals surface area (Å²) >= 11 is 10.8. The number of hydrogen-bond acceptors (Lipinski definition) is 5. The minimum atomic E-state index is -0.417. The number of ether oxygens (including phenoxy) is 2. The highest BCUT2D eigenvalue weighted by molar-refractivity contribution is 7.80. The molecule has 3 N–H and O–H groups in total. The molecule has 2 amide bonds. The van der Waals surface area contributed by atoms with E-state index >= 15 is 0 Å². The molecule has 0 aliphatic heterocycles. The molecule has 0 aliphatic rings. The van der Waals surface area contributed by atoms with Gasteiger partial charge < -0.3 is 9.47 Å². The Balaban J connectivity index is 1.77. The normalized spacial score (nSPS) is 10.1. The molecular weight excluding hydrogens is 402 g/mol. The second-order valence-electron chi connectivity index (χ2n) is 5.44. The van der Waals surface area contributed by atoms with E-state index in [1.165, 1.54) is 0 Å². The summed E-state index contributed by atoms with van der Waals surface area (Å²) in [5.41, 5.74) is 5.66. The third kappa shape index (κ3) is 7.15. The summed E-state index contributed by atoms with van der Waals surface area (Å²) in [4.78, 5) is 24.2. The fourth-order valence-electron chi connectivity index (χ4n) is 2.06. The standard InChI is InChI=1S/C19H20ClN3O4S/c1-2-26-11-12-27-16-9-5-13(6-10-16)17(24)21-19(28)23-22-18(25)14-3-7-15(20)8-4-14/h3-10H,2,11-12H2,1H3,(H,22,25)(H2,21,23,24,28). The number of thiocarbonyl (C=S) groups is 1. The van der Waals surface area contributed by atoms with Crippen molar-refractivity contribution in [2.24, 2.45) is 0 Å². The molecule has 0 aliphatic carbocycles. The number of carbonyl (C=O) groups is 2. The van der Waals surface area contributed by atoms with Crippen molar-refractivity contribution in [3.8, 4) is 5.75 Å². The molecule has 0 unspecified atom stereocenters. The van der Waals surface area contributed by atoms with Gasteiger partial charge in [-0.3, -0.25) is 25.8 Å². The van der Waals surface area contributed by atoms with E-state index in [-0.39, 0.29) is 5.11 Å². The fourth-order valence-corrected chi connectivity index (χ4v) is 2.33. The van der Waals surface area contributed by atoms with Crippen LogP contribution in [-0.4, -0.2) is 36.7 Å². The van der Waals surface area contributed by atoms with Crippen LogP contribution >= 0.6 is 23.8 Å². The minimum absolute atomic E-state index is 0.0376. The van der Waals surface area contributed by atoms with Gasteiger partial charge in [0.1, 0.15) is 12.4 Å². The van der Waals surface area contributed by atoms with Crippen molar-refractivity contribution < 1.29 is 19.1 Å². The van der Waals surface area contributed by atoms with Crippen molar-refractivity contribution in [1.29, 1.82) is 0 Å². The number of carbonyl (C=O) groups excluding carboxylic acids is 2. The van der Waals surface area contributed by atoms with Gasteiger partial charge in [0.2, 0.25) is 0 Å². The number of amides is 2. The van der Waals surface area contributed by atoms with E-state index in [9.17, 15) is 9.59 Å². The van der Waals surface area contributed by atoms with E-state index < -0.39 is 11.8 Å². The Hall–Kier alpha value is -2.68. The van der Waals surface area contributed by atoms with Crippen LogP contribution in [0.5, 0.6) is 5.75 Å². The smallest absolute Gasteiger partial charge is 0.269 e. The topological polar surface area (TPSA) is 88.7 Å². The first-order valence-electron chi connectivity index (χ1n) is 8.47. The van der Waals surface area contributed by atoms with Gasteiger partial charge in [-0.1, -0.05) is 11.6 Å². The van der Waals surface area contributed by atoms with Crippen molar-refractivity contribution >= 4 is 40.7 Å². The maximum Gasteiger partial charge on any atom is 0.269 e. The van der Waals surface area contributed by atoms with Crippen LogP contribution in [0.2, 0.25) is 5.02 Å². The van der Waals surface area contributed by atoms with Crippen LogP contribution in [0.15, 0.2) is 48.5 Å². The number of halogens is 1. The Labute approximate surface area is 173 Å². The third-order valence-corrected chi connectivity index (χ3v) is 3.90. The highest BCUT2D eigenvalue weighted by atomic mass is 35.5. The Morgan fingerprint density at radius 3 is 2.18 bits per heavy atom. The number of rotatable bonds is 7. The maximum absolute atomic E-state index is 12.2. The van der Waals surface area contributed by atoms with Crippen LogP contribution in [0.25, 0.3) is 0 Å². The number of benzene rings is 2. The van der Waals surface area contributed by atoms with E-state index in [1.807, 2.05) is 6.92 Å². The quantitative estimate of drug-likeness (QED) is 0.362. The Kier molecular flexibility index (Phi) is 8.67. The first-order chi connectivity index (χ1) is 13.5. The van der Waals surface area contributed by atoms with Gasteiger partial charge in [-0.15, -0.1) is 0 Å². The SMILES string of the molecule is CCOCCOc1ccc(C(=O)NC(=S)NNC(=O)c2ccc(Cl)cc2)cc1. The van der Waals surface area contributed by atoms with Crippen molar-refractivity contribution in [1.82, 2.24) is 16.2 Å². The molecular formula is C19H20ClN3O4S. The molecule has 2 aromatic rings. The average Bonchev–Trinajstić information content (AvgIpc) is 2.70. The lowest BCUT2D eigenvalue weighted by atomic mass is 10.2. The summed E-state index contributed by atoms with van der Waals surface area (Å²) in [7, 11) is 0. The summed E-state index contributed by atoms with van der Waals surface area (Å²) in [5.74, 6) is -0.201. The molecule has 0 spiro atoms. The van der Waals surface area contributed by atoms with Crippen molar-refractivity contribution in [3.05, 3.63) is 64.7 Å². The molecule has 0 saturated carbocycles. The summed E-state index contributed by atoms with van der Waals surface area (Å²) in [6.07, 6.45) is 0. The maximum atomic E-state index is 12.2. The summed E-state index contributed by atoms with van der Waals surface area (Å²) in [5, 5.41) is 2.96. The predicted octanol–water partition coefficient (Wildman–Crippen LogP) is 2.70. The van der Waals surface area contributed by atoms with Crippen LogP contribution in [0, 0.1) is 0 Å². The van der Waals surface area contributed by atoms with E-state index in [4.69, 9.17) is 33.3 Å². The van der Waals surface area contributed by atoms with Crippen LogP contribution in [0.1, 0.15) is 27.6 Å². The number of hydrogen-bond donors (Lipinski definition) is 3. The highest BCUT2D eigenvalue weighted by Crippen LogP contribution is 2.12. The van der Waals surface area contributed by atoms with E-state index in [1.54, 1.807) is 48.5 Å². The molecule has 0 radical (unpaired) electrons. The molecule has 0 saturated heterocycles. The van der Waals surface area contributed by atoms with Gasteiger partial charge in [0.15, 0.2) is 5.11 Å². The number of hydrazine groups is 1. The molecule has 148 valence electrons. The predicted molar refractivity (Wildman–Crippen MR) is 111 cm³/mol. The van der Waals surface area contributed by atoms with E-state index in [0.717, 1.165) is 0 Å². The first kappa shape index (κ1) is 21.6. The van der Waals surface area contributed by atoms with Gasteiger partial charge >= 0.3 is 0 Å². The van der Waals surface area contributed by atoms with Crippen LogP contribution in [-0.2, 0) is 4.74 Å². The van der Waals surface area contributed by atoms with E-state index in [2.05, 4.69) is 16.2 Å². The van der Waals surface area contributed by atoms with Gasteiger partial charge in [0.25, 0.3) is 11.8 Å². The largest absolute Gasteiger partial charge is 0.491 e. The Bertz CT molecular complexity index is 813. The van der Waals surface area contributed by atoms with Crippen molar-refractivity contribution in [2.75, 3.05) is 19.8 Å². The second-order valence-corrected chi connectivity index (χ2v) is 6.28. The lowest BCUT2D eigenvalue weighted by Crippen LogP contribution is -2.48. The third-order valence-electron chi connectivity index (χ3n) is 3.44. The molecule has 0 heterocycles. The average molecular weight is 422 g/mol. The molecule has 9 heteroatoms. The fraction of sp³-hybridized carbons (Fsp3) is 0.211. The lowest BCUT2D eigenvalue weighted by molar-refractivity contribution is 0.0934. The molecule has 0 atom stereocenters. The zero-order valence-electron chi connectivity index (χ0n) is 15.2. The van der Waals surface area contributed by atoms with Crippen LogP contribution in [0.4, 0.5) is 0 Å². The van der Waals surface area contributed by atoms with Gasteiger partial charge in [-0.25, -0.2) is 0 Å². The minimum Gasteiger partial charge on any atom is -0.491 e. The van der Waals surface area contributed by atoms with Crippen LogP contribution < -0.4 is 20.9 Å². The molecule has 7 nitrogen and oxygen atoms in total. The summed E-state index contributed by atoms with van der Waals surface area (Å²) in [6, 6.07) is 12.9. The highest BCUT2D eigenvalue weighted by Gasteiger charge is 2.10. The molecule has 28 heavy (non-hydrogen) atoms. The summed E-state index contributed by atoms with van der Waals surface area (Å²) in [6.45, 7) is 3.48. The van der Waals surface area contributed by atoms with Crippen molar-refractivity contribution in [3.63, 3.8) is 0 Å². The number of nitrogens with one attached hydrogen (secondary N) is 3. The van der Waals surface area contributed by atoms with E-state index in [0.29, 0.717) is 41.7 Å². The molecule has 0 bridgehead atoms. The zero-order chi connectivity index (χ0) is 20.4. The molecule has 2 rings (SSSR count). The Morgan fingerprint density at radius 2 is 1.54 bits per heavy atom. The second kappa shape index (κ2) is 11.2. The first-order valence-corrected chi connectivity index (χ1v) is 9.26. The summed E-state index contributed by atoms with van der Waals surface area (Å²) < 4.78 is 10.7. The van der Waals surface area contributed by atoms with Gasteiger partial charge in [-0.05, 0) is 67.7 Å². The van der Waals surface area contributed by atoms with Gasteiger partial charge in [0, 0.05) is 22.8 Å². The lowest BCUT2D eigenvalue weighted by Gasteiger charge is -2.11. The molecule has 0 aromatic heterocycles. The van der Waals surface area contributed by atoms with Gasteiger partial charge in [-0.2, -0.15) is 0 Å².